The molecule has 2 N–H and O–H groups in total. The van der Waals surface area contributed by atoms with E-state index in [-0.39, 0.29) is 10.6 Å². The summed E-state index contributed by atoms with van der Waals surface area (Å²) in [6, 6.07) is 22.7. The van der Waals surface area contributed by atoms with Crippen LogP contribution in [0.15, 0.2) is 83.8 Å². The van der Waals surface area contributed by atoms with Gasteiger partial charge in [-0.3, -0.25) is 0 Å². The SMILES string of the molecule is COc1cc(C2NS(=O)(=O)c3ccccc3-c3ccccc32)c(O)c2ccccc12. The van der Waals surface area contributed by atoms with Crippen LogP contribution < -0.4 is 9.46 Å². The zero-order valence-electron chi connectivity index (χ0n) is 16.2. The molecule has 1 unspecified atom stereocenters. The van der Waals surface area contributed by atoms with Gasteiger partial charge in [-0.15, -0.1) is 0 Å². The molecule has 0 bridgehead atoms. The van der Waals surface area contributed by atoms with Gasteiger partial charge in [0.15, 0.2) is 0 Å². The number of sulfonamides is 1. The first-order valence-corrected chi connectivity index (χ1v) is 11.0. The molecule has 30 heavy (non-hydrogen) atoms. The molecule has 0 spiro atoms. The normalized spacial score (nSPS) is 17.0. The first kappa shape index (κ1) is 18.7. The van der Waals surface area contributed by atoms with Crippen LogP contribution in [0, 0.1) is 0 Å². The van der Waals surface area contributed by atoms with Gasteiger partial charge in [-0.05, 0) is 23.3 Å². The lowest BCUT2D eigenvalue weighted by atomic mass is 9.90. The van der Waals surface area contributed by atoms with Crippen LogP contribution >= 0.6 is 0 Å². The predicted molar refractivity (Wildman–Crippen MR) is 116 cm³/mol. The van der Waals surface area contributed by atoms with E-state index in [1.165, 1.54) is 0 Å². The number of fused-ring (bicyclic) bond motifs is 4. The lowest BCUT2D eigenvalue weighted by molar-refractivity contribution is 0.416. The van der Waals surface area contributed by atoms with Gasteiger partial charge in [0.1, 0.15) is 11.5 Å². The summed E-state index contributed by atoms with van der Waals surface area (Å²) >= 11 is 0. The number of rotatable bonds is 2. The lowest BCUT2D eigenvalue weighted by Crippen LogP contribution is -2.28. The Labute approximate surface area is 174 Å². The van der Waals surface area contributed by atoms with E-state index in [2.05, 4.69) is 4.72 Å². The first-order chi connectivity index (χ1) is 14.5. The highest BCUT2D eigenvalue weighted by Crippen LogP contribution is 2.45. The average Bonchev–Trinajstić information content (AvgIpc) is 2.87. The van der Waals surface area contributed by atoms with Crippen molar-refractivity contribution in [1.82, 2.24) is 4.72 Å². The zero-order chi connectivity index (χ0) is 20.9. The van der Waals surface area contributed by atoms with Crippen LogP contribution in [0.1, 0.15) is 17.2 Å². The highest BCUT2D eigenvalue weighted by atomic mass is 32.2. The van der Waals surface area contributed by atoms with Crippen LogP contribution in [-0.4, -0.2) is 20.6 Å². The second-order valence-corrected chi connectivity index (χ2v) is 8.88. The summed E-state index contributed by atoms with van der Waals surface area (Å²) in [6.45, 7) is 0. The minimum atomic E-state index is -3.84. The number of methoxy groups -OCH3 is 1. The Morgan fingerprint density at radius 2 is 1.47 bits per heavy atom. The summed E-state index contributed by atoms with van der Waals surface area (Å²) < 4.78 is 34.9. The Kier molecular flexibility index (Phi) is 4.27. The Bertz CT molecular complexity index is 1400. The van der Waals surface area contributed by atoms with Crippen molar-refractivity contribution in [1.29, 1.82) is 0 Å². The Morgan fingerprint density at radius 3 is 2.23 bits per heavy atom. The third-order valence-electron chi connectivity index (χ3n) is 5.55. The van der Waals surface area contributed by atoms with E-state index in [1.807, 2.05) is 48.5 Å². The van der Waals surface area contributed by atoms with Crippen LogP contribution in [0.2, 0.25) is 0 Å². The number of ether oxygens (including phenoxy) is 1. The van der Waals surface area contributed by atoms with Gasteiger partial charge in [0.25, 0.3) is 0 Å². The van der Waals surface area contributed by atoms with Gasteiger partial charge in [-0.2, -0.15) is 4.72 Å². The van der Waals surface area contributed by atoms with E-state index in [1.54, 1.807) is 37.4 Å². The largest absolute Gasteiger partial charge is 0.507 e. The molecule has 0 fully saturated rings. The molecular formula is C24H19NO4S. The van der Waals surface area contributed by atoms with Crippen molar-refractivity contribution >= 4 is 20.8 Å². The third kappa shape index (κ3) is 2.76. The Balaban J connectivity index is 1.84. The van der Waals surface area contributed by atoms with Gasteiger partial charge in [-0.25, -0.2) is 8.42 Å². The fraction of sp³-hybridized carbons (Fsp3) is 0.0833. The molecule has 0 aromatic heterocycles. The van der Waals surface area contributed by atoms with Gasteiger partial charge in [0.05, 0.1) is 18.0 Å². The lowest BCUT2D eigenvalue weighted by Gasteiger charge is -2.22. The van der Waals surface area contributed by atoms with Crippen molar-refractivity contribution in [3.05, 3.63) is 90.0 Å². The molecule has 1 atom stereocenters. The highest BCUT2D eigenvalue weighted by Gasteiger charge is 2.33. The number of hydrogen-bond donors (Lipinski definition) is 2. The molecule has 1 aliphatic heterocycles. The summed E-state index contributed by atoms with van der Waals surface area (Å²) in [5, 5.41) is 12.5. The number of benzene rings is 4. The molecule has 4 aromatic rings. The topological polar surface area (TPSA) is 75.6 Å². The highest BCUT2D eigenvalue weighted by molar-refractivity contribution is 7.89. The number of aromatic hydroxyl groups is 1. The molecule has 0 saturated heterocycles. The van der Waals surface area contributed by atoms with Crippen molar-refractivity contribution in [2.75, 3.05) is 7.11 Å². The number of hydrogen-bond acceptors (Lipinski definition) is 4. The van der Waals surface area contributed by atoms with E-state index in [0.717, 1.165) is 16.5 Å². The van der Waals surface area contributed by atoms with E-state index in [4.69, 9.17) is 4.74 Å². The van der Waals surface area contributed by atoms with Crippen LogP contribution in [0.3, 0.4) is 0 Å². The van der Waals surface area contributed by atoms with Gasteiger partial charge in [0.2, 0.25) is 10.0 Å². The second kappa shape index (κ2) is 6.86. The monoisotopic (exact) mass is 417 g/mol. The number of nitrogens with one attached hydrogen (secondary N) is 1. The van der Waals surface area contributed by atoms with Gasteiger partial charge in [0, 0.05) is 21.9 Å². The number of phenols is 1. The molecule has 0 saturated carbocycles. The van der Waals surface area contributed by atoms with Crippen molar-refractivity contribution in [2.45, 2.75) is 10.9 Å². The average molecular weight is 417 g/mol. The van der Waals surface area contributed by atoms with E-state index < -0.39 is 16.1 Å². The zero-order valence-corrected chi connectivity index (χ0v) is 17.0. The molecule has 1 heterocycles. The molecule has 5 rings (SSSR count). The summed E-state index contributed by atoms with van der Waals surface area (Å²) in [6.07, 6.45) is 0. The van der Waals surface area contributed by atoms with Crippen LogP contribution in [-0.2, 0) is 10.0 Å². The smallest absolute Gasteiger partial charge is 0.242 e. The number of phenolic OH excluding ortho intramolecular Hbond substituents is 1. The van der Waals surface area contributed by atoms with Crippen molar-refractivity contribution < 1.29 is 18.3 Å². The van der Waals surface area contributed by atoms with E-state index >= 15 is 0 Å². The predicted octanol–water partition coefficient (Wildman–Crippen LogP) is 4.60. The summed E-state index contributed by atoms with van der Waals surface area (Å²) in [5.41, 5.74) is 2.64. The van der Waals surface area contributed by atoms with Gasteiger partial charge >= 0.3 is 0 Å². The minimum absolute atomic E-state index is 0.0276. The molecular weight excluding hydrogens is 398 g/mol. The maximum atomic E-state index is 13.3. The standard InChI is InChI=1S/C24H19NO4S/c1-29-21-14-20(24(26)19-12-5-3-9-16(19)21)23-18-11-4-2-8-15(18)17-10-6-7-13-22(17)30(27,28)25-23/h2-14,23,25-26H,1H3. The third-order valence-corrected chi connectivity index (χ3v) is 7.03. The van der Waals surface area contributed by atoms with Gasteiger partial charge < -0.3 is 9.84 Å². The molecule has 1 aliphatic rings. The van der Waals surface area contributed by atoms with Crippen molar-refractivity contribution in [3.63, 3.8) is 0 Å². The molecule has 150 valence electrons. The maximum absolute atomic E-state index is 13.3. The second-order valence-electron chi connectivity index (χ2n) is 7.20. The Morgan fingerprint density at radius 1 is 0.833 bits per heavy atom. The fourth-order valence-corrected chi connectivity index (χ4v) is 5.58. The molecule has 6 heteroatoms. The first-order valence-electron chi connectivity index (χ1n) is 9.50. The molecule has 0 aliphatic carbocycles. The quantitative estimate of drug-likeness (QED) is 0.500. The van der Waals surface area contributed by atoms with E-state index in [9.17, 15) is 13.5 Å². The van der Waals surface area contributed by atoms with Crippen molar-refractivity contribution in [3.8, 4) is 22.6 Å². The molecule has 0 radical (unpaired) electrons. The Hall–Kier alpha value is -3.35. The molecule has 5 nitrogen and oxygen atoms in total. The van der Waals surface area contributed by atoms with Crippen molar-refractivity contribution in [2.24, 2.45) is 0 Å². The summed E-state index contributed by atoms with van der Waals surface area (Å²) in [4.78, 5) is 0.215. The van der Waals surface area contributed by atoms with E-state index in [0.29, 0.717) is 22.3 Å². The van der Waals surface area contributed by atoms with Crippen LogP contribution in [0.25, 0.3) is 21.9 Å². The summed E-state index contributed by atoms with van der Waals surface area (Å²) in [7, 11) is -2.28. The van der Waals surface area contributed by atoms with Crippen LogP contribution in [0.4, 0.5) is 0 Å². The maximum Gasteiger partial charge on any atom is 0.242 e. The fourth-order valence-electron chi connectivity index (χ4n) is 4.17. The van der Waals surface area contributed by atoms with Crippen LogP contribution in [0.5, 0.6) is 11.5 Å². The molecule has 4 aromatic carbocycles. The minimum Gasteiger partial charge on any atom is -0.507 e. The van der Waals surface area contributed by atoms with Gasteiger partial charge in [-0.1, -0.05) is 66.7 Å². The molecule has 0 amide bonds. The summed E-state index contributed by atoms with van der Waals surface area (Å²) in [5.74, 6) is 0.594.